The van der Waals surface area contributed by atoms with Gasteiger partial charge in [-0.25, -0.2) is 4.79 Å². The Hall–Kier alpha value is -1.03. The number of carbonyl (C=O) groups excluding carboxylic acids is 2. The molecule has 0 aliphatic rings. The van der Waals surface area contributed by atoms with Crippen molar-refractivity contribution < 1.29 is 19.1 Å². The third kappa shape index (κ3) is 6.48. The van der Waals surface area contributed by atoms with E-state index in [1.165, 1.54) is 0 Å². The molecule has 5 heteroatoms. The predicted octanol–water partition coefficient (Wildman–Crippen LogP) is 1.63. The van der Waals surface area contributed by atoms with Crippen LogP contribution in [0.3, 0.4) is 0 Å². The summed E-state index contributed by atoms with van der Waals surface area (Å²) in [6, 6.07) is 0. The van der Waals surface area contributed by atoms with Crippen molar-refractivity contribution in [2.75, 3.05) is 13.2 Å². The summed E-state index contributed by atoms with van der Waals surface area (Å²) < 4.78 is 9.24. The second-order valence-electron chi connectivity index (χ2n) is 2.33. The van der Waals surface area contributed by atoms with Gasteiger partial charge in [0, 0.05) is 11.1 Å². The van der Waals surface area contributed by atoms with Gasteiger partial charge in [0.15, 0.2) is 0 Å². The molecule has 0 fully saturated rings. The highest BCUT2D eigenvalue weighted by Crippen LogP contribution is 2.08. The van der Waals surface area contributed by atoms with E-state index in [-0.39, 0.29) is 18.1 Å². The van der Waals surface area contributed by atoms with E-state index in [2.05, 4.69) is 9.47 Å². The maximum atomic E-state index is 10.9. The van der Waals surface area contributed by atoms with E-state index < -0.39 is 11.9 Å². The second-order valence-corrected chi connectivity index (χ2v) is 2.81. The maximum Gasteiger partial charge on any atom is 0.331 e. The standard InChI is InChI=1S/C9H13ClO4/c1-3-13-8(11)5-7(10)6-9(12)14-4-2/h5H,3-4,6H2,1-2H3. The number of hydrogen-bond donors (Lipinski definition) is 0. The summed E-state index contributed by atoms with van der Waals surface area (Å²) in [5, 5.41) is 0.113. The third-order valence-corrected chi connectivity index (χ3v) is 1.42. The van der Waals surface area contributed by atoms with Crippen LogP contribution in [0.15, 0.2) is 11.1 Å². The SMILES string of the molecule is CCOC(=O)C=C(Cl)CC(=O)OCC. The van der Waals surface area contributed by atoms with E-state index in [1.54, 1.807) is 13.8 Å². The largest absolute Gasteiger partial charge is 0.466 e. The minimum absolute atomic E-state index is 0.103. The molecule has 80 valence electrons. The Kier molecular flexibility index (Phi) is 6.84. The number of hydrogen-bond acceptors (Lipinski definition) is 4. The van der Waals surface area contributed by atoms with Crippen molar-refractivity contribution in [3.05, 3.63) is 11.1 Å². The lowest BCUT2D eigenvalue weighted by Gasteiger charge is -2.00. The van der Waals surface area contributed by atoms with E-state index in [0.29, 0.717) is 6.61 Å². The number of ether oxygens (including phenoxy) is 2. The fourth-order valence-electron chi connectivity index (χ4n) is 0.713. The molecule has 0 saturated carbocycles. The van der Waals surface area contributed by atoms with Crippen LogP contribution in [0.1, 0.15) is 20.3 Å². The molecule has 0 unspecified atom stereocenters. The molecular formula is C9H13ClO4. The zero-order valence-corrected chi connectivity index (χ0v) is 8.97. The summed E-state index contributed by atoms with van der Waals surface area (Å²) >= 11 is 5.60. The number of rotatable bonds is 5. The van der Waals surface area contributed by atoms with E-state index in [9.17, 15) is 9.59 Å². The van der Waals surface area contributed by atoms with Gasteiger partial charge in [-0.15, -0.1) is 0 Å². The average Bonchev–Trinajstić information content (AvgIpc) is 2.03. The minimum Gasteiger partial charge on any atom is -0.466 e. The molecule has 0 spiro atoms. The molecule has 0 amide bonds. The van der Waals surface area contributed by atoms with Crippen LogP contribution in [-0.4, -0.2) is 25.2 Å². The summed E-state index contributed by atoms with van der Waals surface area (Å²) in [5.41, 5.74) is 0. The summed E-state index contributed by atoms with van der Waals surface area (Å²) in [4.78, 5) is 21.8. The van der Waals surface area contributed by atoms with Crippen LogP contribution in [0.25, 0.3) is 0 Å². The van der Waals surface area contributed by atoms with Gasteiger partial charge < -0.3 is 9.47 Å². The molecule has 0 aromatic carbocycles. The number of carbonyl (C=O) groups is 2. The van der Waals surface area contributed by atoms with Crippen LogP contribution in [0, 0.1) is 0 Å². The smallest absolute Gasteiger partial charge is 0.331 e. The van der Waals surface area contributed by atoms with Crippen molar-refractivity contribution in [3.63, 3.8) is 0 Å². The third-order valence-electron chi connectivity index (χ3n) is 1.18. The Bertz CT molecular complexity index is 235. The van der Waals surface area contributed by atoms with Gasteiger partial charge in [-0.05, 0) is 13.8 Å². The molecule has 14 heavy (non-hydrogen) atoms. The van der Waals surface area contributed by atoms with E-state index in [4.69, 9.17) is 11.6 Å². The summed E-state index contributed by atoms with van der Waals surface area (Å²) in [6.45, 7) is 3.95. The molecule has 0 aliphatic heterocycles. The van der Waals surface area contributed by atoms with Gasteiger partial charge in [0.05, 0.1) is 19.6 Å². The predicted molar refractivity (Wildman–Crippen MR) is 51.8 cm³/mol. The molecule has 0 aromatic rings. The van der Waals surface area contributed by atoms with Crippen LogP contribution in [-0.2, 0) is 19.1 Å². The molecule has 0 atom stereocenters. The van der Waals surface area contributed by atoms with Crippen molar-refractivity contribution in [1.29, 1.82) is 0 Å². The Morgan fingerprint density at radius 1 is 1.21 bits per heavy atom. The van der Waals surface area contributed by atoms with Crippen molar-refractivity contribution in [3.8, 4) is 0 Å². The highest BCUT2D eigenvalue weighted by atomic mass is 35.5. The molecule has 0 aliphatic carbocycles. The molecule has 0 aromatic heterocycles. The zero-order valence-electron chi connectivity index (χ0n) is 8.21. The van der Waals surface area contributed by atoms with Crippen molar-refractivity contribution in [2.45, 2.75) is 20.3 Å². The Morgan fingerprint density at radius 2 is 1.79 bits per heavy atom. The van der Waals surface area contributed by atoms with E-state index in [0.717, 1.165) is 6.08 Å². The topological polar surface area (TPSA) is 52.6 Å². The highest BCUT2D eigenvalue weighted by Gasteiger charge is 2.06. The highest BCUT2D eigenvalue weighted by molar-refractivity contribution is 6.32. The lowest BCUT2D eigenvalue weighted by Crippen LogP contribution is -2.05. The van der Waals surface area contributed by atoms with Gasteiger partial charge in [-0.2, -0.15) is 0 Å². The Labute approximate surface area is 87.8 Å². The molecule has 0 saturated heterocycles. The summed E-state index contributed by atoms with van der Waals surface area (Å²) in [6.07, 6.45) is 0.968. The number of halogens is 1. The first-order chi connectivity index (χ1) is 6.60. The van der Waals surface area contributed by atoms with Gasteiger partial charge in [0.25, 0.3) is 0 Å². The Balaban J connectivity index is 3.99. The normalized spacial score (nSPS) is 10.9. The van der Waals surface area contributed by atoms with Crippen LogP contribution >= 0.6 is 11.6 Å². The van der Waals surface area contributed by atoms with E-state index >= 15 is 0 Å². The molecule has 4 nitrogen and oxygen atoms in total. The first-order valence-electron chi connectivity index (χ1n) is 4.28. The molecule has 0 heterocycles. The summed E-state index contributed by atoms with van der Waals surface area (Å²) in [7, 11) is 0. The van der Waals surface area contributed by atoms with Crippen molar-refractivity contribution in [1.82, 2.24) is 0 Å². The molecule has 0 radical (unpaired) electrons. The maximum absolute atomic E-state index is 10.9. The lowest BCUT2D eigenvalue weighted by atomic mass is 10.4. The zero-order chi connectivity index (χ0) is 11.0. The van der Waals surface area contributed by atoms with Gasteiger partial charge in [0.1, 0.15) is 0 Å². The Morgan fingerprint density at radius 3 is 2.29 bits per heavy atom. The minimum atomic E-state index is -0.554. The average molecular weight is 221 g/mol. The van der Waals surface area contributed by atoms with Gasteiger partial charge in [-0.1, -0.05) is 11.6 Å². The summed E-state index contributed by atoms with van der Waals surface area (Å²) in [5.74, 6) is -1.01. The van der Waals surface area contributed by atoms with E-state index in [1.807, 2.05) is 0 Å². The molecule has 0 rings (SSSR count). The fraction of sp³-hybridized carbons (Fsp3) is 0.556. The van der Waals surface area contributed by atoms with Gasteiger partial charge in [0.2, 0.25) is 0 Å². The quantitative estimate of drug-likeness (QED) is 0.522. The molecule has 0 bridgehead atoms. The van der Waals surface area contributed by atoms with Gasteiger partial charge >= 0.3 is 11.9 Å². The number of esters is 2. The molecule has 0 N–H and O–H groups in total. The fourth-order valence-corrected chi connectivity index (χ4v) is 0.911. The lowest BCUT2D eigenvalue weighted by molar-refractivity contribution is -0.142. The van der Waals surface area contributed by atoms with Crippen LogP contribution in [0.5, 0.6) is 0 Å². The van der Waals surface area contributed by atoms with Crippen LogP contribution < -0.4 is 0 Å². The van der Waals surface area contributed by atoms with Gasteiger partial charge in [-0.3, -0.25) is 4.79 Å². The molecular weight excluding hydrogens is 208 g/mol. The first kappa shape index (κ1) is 13.0. The second kappa shape index (κ2) is 7.38. The first-order valence-corrected chi connectivity index (χ1v) is 4.66. The van der Waals surface area contributed by atoms with Crippen LogP contribution in [0.2, 0.25) is 0 Å². The van der Waals surface area contributed by atoms with Crippen molar-refractivity contribution >= 4 is 23.5 Å². The van der Waals surface area contributed by atoms with Crippen LogP contribution in [0.4, 0.5) is 0 Å². The van der Waals surface area contributed by atoms with Crippen molar-refractivity contribution in [2.24, 2.45) is 0 Å². The monoisotopic (exact) mass is 220 g/mol.